The van der Waals surface area contributed by atoms with Crippen molar-refractivity contribution in [1.82, 2.24) is 0 Å². The maximum absolute atomic E-state index is 12.7. The van der Waals surface area contributed by atoms with E-state index in [1.807, 2.05) is 0 Å². The van der Waals surface area contributed by atoms with Gasteiger partial charge in [-0.05, 0) is 0 Å². The molecule has 0 spiro atoms. The van der Waals surface area contributed by atoms with Crippen molar-refractivity contribution in [1.29, 1.82) is 0 Å². The molecule has 4 N–H and O–H groups in total. The molecule has 0 amide bonds. The van der Waals surface area contributed by atoms with Gasteiger partial charge in [0, 0.05) is 0 Å². The number of halogens is 3. The molecule has 0 atom stereocenters. The lowest BCUT2D eigenvalue weighted by Crippen LogP contribution is -3.00. The number of rotatable bonds is 2. The highest BCUT2D eigenvalue weighted by atomic mass is 35.5. The molecule has 0 saturated carbocycles. The summed E-state index contributed by atoms with van der Waals surface area (Å²) in [6.07, 6.45) is 3.48. The van der Waals surface area contributed by atoms with Gasteiger partial charge in [-0.2, -0.15) is 9.38 Å². The molecule has 0 radical (unpaired) electrons. The third-order valence-electron chi connectivity index (χ3n) is 1.11. The van der Waals surface area contributed by atoms with Gasteiger partial charge in [0.15, 0.2) is 6.20 Å². The number of hydrogen-bond acceptors (Lipinski definition) is 1. The molecule has 7 heteroatoms. The molecule has 0 saturated heterocycles. The van der Waals surface area contributed by atoms with Crippen LogP contribution in [-0.4, -0.2) is 17.4 Å². The molecule has 0 aromatic rings. The van der Waals surface area contributed by atoms with Crippen molar-refractivity contribution in [2.75, 3.05) is 0 Å². The monoisotopic (exact) mass is 228 g/mol. The average Bonchev–Trinajstić information content (AvgIpc) is 2.35. The van der Waals surface area contributed by atoms with E-state index < -0.39 is 11.8 Å². The SMILES string of the molecule is O=C(O)/C=C(/F)C1=C[NH2+]C=[NH+]1.[Cl-].[Cl-]. The normalized spacial score (nSPS) is 14.2. The maximum atomic E-state index is 12.7. The lowest BCUT2D eigenvalue weighted by Gasteiger charge is -1.81. The third kappa shape index (κ3) is 4.62. The van der Waals surface area contributed by atoms with E-state index in [1.165, 1.54) is 12.5 Å². The maximum Gasteiger partial charge on any atom is 0.332 e. The van der Waals surface area contributed by atoms with E-state index in [2.05, 4.69) is 4.99 Å². The van der Waals surface area contributed by atoms with Gasteiger partial charge in [-0.3, -0.25) is 0 Å². The van der Waals surface area contributed by atoms with Crippen LogP contribution in [-0.2, 0) is 4.79 Å². The first-order valence-corrected chi connectivity index (χ1v) is 2.94. The molecular formula is C6H7Cl2FN2O2. The second-order valence-corrected chi connectivity index (χ2v) is 1.91. The van der Waals surface area contributed by atoms with Crippen molar-refractivity contribution in [2.24, 2.45) is 0 Å². The van der Waals surface area contributed by atoms with E-state index in [0.29, 0.717) is 6.08 Å². The predicted octanol–water partition coefficient (Wildman–Crippen LogP) is -8.54. The van der Waals surface area contributed by atoms with Crippen LogP contribution in [0.3, 0.4) is 0 Å². The standard InChI is InChI=1S/C6H5FN2O2.2ClH/c7-4(1-6(10)11)5-2-8-3-9-5;;/h1-3H,(H,8,9)(H,10,11);2*1H/b4-1+;;. The Hall–Kier alpha value is -0.910. The number of carboxylic acids is 1. The molecule has 0 aliphatic carbocycles. The minimum absolute atomic E-state index is 0. The lowest BCUT2D eigenvalue weighted by molar-refractivity contribution is -0.491. The first-order valence-electron chi connectivity index (χ1n) is 2.94. The van der Waals surface area contributed by atoms with Crippen LogP contribution in [0.25, 0.3) is 0 Å². The summed E-state index contributed by atoms with van der Waals surface area (Å²) in [6.45, 7) is 0. The van der Waals surface area contributed by atoms with Crippen LogP contribution >= 0.6 is 0 Å². The highest BCUT2D eigenvalue weighted by molar-refractivity contribution is 5.81. The molecule has 1 aliphatic heterocycles. The molecule has 1 aliphatic rings. The number of quaternary nitrogens is 1. The van der Waals surface area contributed by atoms with Crippen LogP contribution < -0.4 is 35.1 Å². The van der Waals surface area contributed by atoms with Gasteiger partial charge in [0.1, 0.15) is 0 Å². The third-order valence-corrected chi connectivity index (χ3v) is 1.11. The number of carboxylic acid groups (broad SMARTS) is 1. The van der Waals surface area contributed by atoms with E-state index >= 15 is 0 Å². The van der Waals surface area contributed by atoms with E-state index in [4.69, 9.17) is 5.11 Å². The van der Waals surface area contributed by atoms with Gasteiger partial charge >= 0.3 is 12.3 Å². The lowest BCUT2D eigenvalue weighted by atomic mass is 10.4. The molecule has 0 unspecified atom stereocenters. The largest absolute Gasteiger partial charge is 1.00 e. The van der Waals surface area contributed by atoms with E-state index in [0.717, 1.165) is 0 Å². The summed E-state index contributed by atoms with van der Waals surface area (Å²) >= 11 is 0. The molecule has 4 nitrogen and oxygen atoms in total. The second kappa shape index (κ2) is 6.59. The Balaban J connectivity index is 0. The van der Waals surface area contributed by atoms with Crippen LogP contribution in [0.5, 0.6) is 0 Å². The number of aliphatic carboxylic acids is 1. The minimum Gasteiger partial charge on any atom is -1.00 e. The molecule has 0 aromatic carbocycles. The van der Waals surface area contributed by atoms with Crippen molar-refractivity contribution in [2.45, 2.75) is 0 Å². The van der Waals surface area contributed by atoms with Crippen molar-refractivity contribution in [3.05, 3.63) is 23.8 Å². The zero-order valence-corrected chi connectivity index (χ0v) is 7.81. The number of hydrogen-bond donors (Lipinski definition) is 3. The predicted molar refractivity (Wildman–Crippen MR) is 33.9 cm³/mol. The molecule has 74 valence electrons. The average molecular weight is 229 g/mol. The van der Waals surface area contributed by atoms with Gasteiger partial charge in [0.05, 0.1) is 6.08 Å². The summed E-state index contributed by atoms with van der Waals surface area (Å²) in [7, 11) is 0. The summed E-state index contributed by atoms with van der Waals surface area (Å²) < 4.78 is 12.7. The van der Waals surface area contributed by atoms with E-state index in [9.17, 15) is 9.18 Å². The first-order chi connectivity index (χ1) is 5.20. The molecule has 0 bridgehead atoms. The van der Waals surface area contributed by atoms with Gasteiger partial charge in [0.25, 0.3) is 5.70 Å². The summed E-state index contributed by atoms with van der Waals surface area (Å²) in [5.74, 6) is -2.07. The zero-order valence-electron chi connectivity index (χ0n) is 6.30. The Labute approximate surface area is 86.1 Å². The summed E-state index contributed by atoms with van der Waals surface area (Å²) in [5, 5.41) is 9.74. The molecule has 1 heterocycles. The number of allylic oxidation sites excluding steroid dienone is 1. The Morgan fingerprint density at radius 2 is 2.23 bits per heavy atom. The highest BCUT2D eigenvalue weighted by Gasteiger charge is 2.16. The van der Waals surface area contributed by atoms with Crippen LogP contribution in [0.4, 0.5) is 4.39 Å². The molecular weight excluding hydrogens is 222 g/mol. The fourth-order valence-corrected chi connectivity index (χ4v) is 0.665. The fourth-order valence-electron chi connectivity index (χ4n) is 0.665. The van der Waals surface area contributed by atoms with Crippen molar-refractivity contribution in [3.63, 3.8) is 0 Å². The van der Waals surface area contributed by atoms with Gasteiger partial charge in [-0.1, -0.05) is 0 Å². The van der Waals surface area contributed by atoms with E-state index in [-0.39, 0.29) is 30.5 Å². The van der Waals surface area contributed by atoms with Gasteiger partial charge in [-0.15, -0.1) is 0 Å². The highest BCUT2D eigenvalue weighted by Crippen LogP contribution is 2.01. The van der Waals surface area contributed by atoms with Crippen LogP contribution in [0, 0.1) is 0 Å². The quantitative estimate of drug-likeness (QED) is 0.412. The molecule has 0 fully saturated rings. The number of carbonyl (C=O) groups is 1. The van der Waals surface area contributed by atoms with Crippen LogP contribution in [0.2, 0.25) is 0 Å². The smallest absolute Gasteiger partial charge is 0.332 e. The van der Waals surface area contributed by atoms with Crippen molar-refractivity contribution >= 4 is 12.3 Å². The molecule has 13 heavy (non-hydrogen) atoms. The van der Waals surface area contributed by atoms with Gasteiger partial charge in [0.2, 0.25) is 5.83 Å². The van der Waals surface area contributed by atoms with Crippen LogP contribution in [0.1, 0.15) is 0 Å². The first kappa shape index (κ1) is 14.6. The fraction of sp³-hybridized carbons (Fsp3) is 0. The molecule has 0 aromatic heterocycles. The number of nitrogens with two attached hydrogens (primary N) is 1. The van der Waals surface area contributed by atoms with Gasteiger partial charge < -0.3 is 29.9 Å². The van der Waals surface area contributed by atoms with Crippen molar-refractivity contribution in [3.8, 4) is 0 Å². The summed E-state index contributed by atoms with van der Waals surface area (Å²) in [6, 6.07) is 0. The van der Waals surface area contributed by atoms with Gasteiger partial charge in [-0.25, -0.2) is 10.1 Å². The molecule has 1 rings (SSSR count). The zero-order chi connectivity index (χ0) is 8.27. The topological polar surface area (TPSA) is 67.9 Å². The summed E-state index contributed by atoms with van der Waals surface area (Å²) in [5.41, 5.74) is 0.174. The Kier molecular flexibility index (Phi) is 7.40. The Morgan fingerprint density at radius 3 is 2.62 bits per heavy atom. The Bertz CT molecular complexity index is 276. The second-order valence-electron chi connectivity index (χ2n) is 1.91. The van der Waals surface area contributed by atoms with Crippen LogP contribution in [0.15, 0.2) is 23.8 Å². The van der Waals surface area contributed by atoms with E-state index in [1.54, 1.807) is 5.32 Å². The summed E-state index contributed by atoms with van der Waals surface area (Å²) in [4.78, 5) is 12.5. The van der Waals surface area contributed by atoms with Crippen molar-refractivity contribution < 1.29 is 49.4 Å². The number of nitrogens with one attached hydrogen (secondary N) is 1. The minimum atomic E-state index is -1.29. The Morgan fingerprint density at radius 1 is 1.62 bits per heavy atom.